The van der Waals surface area contributed by atoms with E-state index >= 15 is 0 Å². The SMILES string of the molecule is Cc1nccc(C(=O)NCc2ccn(C)c(=O)c2)n1. The molecule has 6 nitrogen and oxygen atoms in total. The smallest absolute Gasteiger partial charge is 0.270 e. The summed E-state index contributed by atoms with van der Waals surface area (Å²) in [6.45, 7) is 2.01. The van der Waals surface area contributed by atoms with Gasteiger partial charge in [-0.2, -0.15) is 0 Å². The lowest BCUT2D eigenvalue weighted by molar-refractivity contribution is 0.0945. The fourth-order valence-corrected chi connectivity index (χ4v) is 1.56. The van der Waals surface area contributed by atoms with E-state index < -0.39 is 0 Å². The lowest BCUT2D eigenvalue weighted by atomic mass is 10.2. The van der Waals surface area contributed by atoms with Crippen LogP contribution in [0.2, 0.25) is 0 Å². The van der Waals surface area contributed by atoms with Gasteiger partial charge in [0.1, 0.15) is 11.5 Å². The number of hydrogen-bond donors (Lipinski definition) is 1. The number of hydrogen-bond acceptors (Lipinski definition) is 4. The van der Waals surface area contributed by atoms with Gasteiger partial charge in [0.05, 0.1) is 0 Å². The minimum absolute atomic E-state index is 0.107. The molecule has 2 aromatic heterocycles. The molecule has 2 aromatic rings. The summed E-state index contributed by atoms with van der Waals surface area (Å²) in [5.74, 6) is 0.257. The van der Waals surface area contributed by atoms with Crippen LogP contribution in [0.1, 0.15) is 21.9 Å². The van der Waals surface area contributed by atoms with Crippen LogP contribution in [-0.2, 0) is 13.6 Å². The summed E-state index contributed by atoms with van der Waals surface area (Å²) < 4.78 is 1.47. The molecular formula is C13H14N4O2. The van der Waals surface area contributed by atoms with Crippen LogP contribution in [0.5, 0.6) is 0 Å². The number of aromatic nitrogens is 3. The summed E-state index contributed by atoms with van der Waals surface area (Å²) in [5, 5.41) is 2.71. The van der Waals surface area contributed by atoms with Gasteiger partial charge in [0.25, 0.3) is 11.5 Å². The molecule has 0 aliphatic heterocycles. The minimum atomic E-state index is -0.286. The molecule has 6 heteroatoms. The number of pyridine rings is 1. The van der Waals surface area contributed by atoms with Crippen molar-refractivity contribution in [2.75, 3.05) is 0 Å². The first-order chi connectivity index (χ1) is 9.06. The number of carbonyl (C=O) groups is 1. The predicted molar refractivity (Wildman–Crippen MR) is 69.6 cm³/mol. The third-order valence-electron chi connectivity index (χ3n) is 2.63. The second-order valence-electron chi connectivity index (χ2n) is 4.16. The first-order valence-electron chi connectivity index (χ1n) is 5.79. The molecule has 0 atom stereocenters. The Morgan fingerprint density at radius 2 is 2.21 bits per heavy atom. The Morgan fingerprint density at radius 1 is 1.42 bits per heavy atom. The van der Waals surface area contributed by atoms with E-state index in [2.05, 4.69) is 15.3 Å². The van der Waals surface area contributed by atoms with E-state index in [9.17, 15) is 9.59 Å². The largest absolute Gasteiger partial charge is 0.347 e. The molecule has 1 amide bonds. The Labute approximate surface area is 110 Å². The topological polar surface area (TPSA) is 76.9 Å². The molecule has 0 aliphatic carbocycles. The number of nitrogens with zero attached hydrogens (tertiary/aromatic N) is 3. The Kier molecular flexibility index (Phi) is 3.70. The van der Waals surface area contributed by atoms with Gasteiger partial charge in [-0.1, -0.05) is 0 Å². The van der Waals surface area contributed by atoms with Crippen molar-refractivity contribution in [3.05, 3.63) is 58.0 Å². The third kappa shape index (κ3) is 3.25. The van der Waals surface area contributed by atoms with Crippen molar-refractivity contribution < 1.29 is 4.79 Å². The number of rotatable bonds is 3. The van der Waals surface area contributed by atoms with Crippen molar-refractivity contribution in [3.8, 4) is 0 Å². The highest BCUT2D eigenvalue weighted by Gasteiger charge is 2.07. The highest BCUT2D eigenvalue weighted by molar-refractivity contribution is 5.92. The molecule has 0 aliphatic rings. The summed E-state index contributed by atoms with van der Waals surface area (Å²) in [7, 11) is 1.67. The van der Waals surface area contributed by atoms with Crippen molar-refractivity contribution in [2.45, 2.75) is 13.5 Å². The molecule has 2 heterocycles. The van der Waals surface area contributed by atoms with Gasteiger partial charge in [-0.25, -0.2) is 9.97 Å². The molecule has 0 spiro atoms. The predicted octanol–water partition coefficient (Wildman–Crippen LogP) is 0.414. The van der Waals surface area contributed by atoms with Crippen molar-refractivity contribution in [1.29, 1.82) is 0 Å². The molecule has 0 unspecified atom stereocenters. The second-order valence-corrected chi connectivity index (χ2v) is 4.16. The third-order valence-corrected chi connectivity index (χ3v) is 2.63. The zero-order valence-corrected chi connectivity index (χ0v) is 10.8. The number of nitrogens with one attached hydrogen (secondary N) is 1. The fourth-order valence-electron chi connectivity index (χ4n) is 1.56. The highest BCUT2D eigenvalue weighted by Crippen LogP contribution is 1.97. The molecule has 1 N–H and O–H groups in total. The van der Waals surface area contributed by atoms with Crippen molar-refractivity contribution in [3.63, 3.8) is 0 Å². The van der Waals surface area contributed by atoms with Gasteiger partial charge < -0.3 is 9.88 Å². The van der Waals surface area contributed by atoms with Crippen LogP contribution in [0.25, 0.3) is 0 Å². The van der Waals surface area contributed by atoms with Gasteiger partial charge >= 0.3 is 0 Å². The van der Waals surface area contributed by atoms with E-state index in [4.69, 9.17) is 0 Å². The van der Waals surface area contributed by atoms with Crippen molar-refractivity contribution in [2.24, 2.45) is 7.05 Å². The van der Waals surface area contributed by atoms with Gasteiger partial charge in [0, 0.05) is 32.1 Å². The molecule has 0 saturated heterocycles. The number of carbonyl (C=O) groups excluding carboxylic acids is 1. The minimum Gasteiger partial charge on any atom is -0.347 e. The lowest BCUT2D eigenvalue weighted by Crippen LogP contribution is -2.25. The van der Waals surface area contributed by atoms with E-state index in [0.717, 1.165) is 5.56 Å². The molecule has 0 saturated carbocycles. The Bertz CT molecular complexity index is 664. The summed E-state index contributed by atoms with van der Waals surface area (Å²) in [5.41, 5.74) is 0.961. The zero-order valence-electron chi connectivity index (χ0n) is 10.8. The normalized spacial score (nSPS) is 10.2. The van der Waals surface area contributed by atoms with Gasteiger partial charge in [-0.3, -0.25) is 9.59 Å². The summed E-state index contributed by atoms with van der Waals surface area (Å²) in [6, 6.07) is 4.82. The second kappa shape index (κ2) is 5.43. The molecular weight excluding hydrogens is 244 g/mol. The van der Waals surface area contributed by atoms with Crippen LogP contribution in [0.15, 0.2) is 35.4 Å². The van der Waals surface area contributed by atoms with Crippen LogP contribution in [0.4, 0.5) is 0 Å². The van der Waals surface area contributed by atoms with E-state index in [1.807, 2.05) is 0 Å². The molecule has 0 aromatic carbocycles. The first-order valence-corrected chi connectivity index (χ1v) is 5.79. The summed E-state index contributed by atoms with van der Waals surface area (Å²) >= 11 is 0. The van der Waals surface area contributed by atoms with Crippen LogP contribution in [-0.4, -0.2) is 20.4 Å². The lowest BCUT2D eigenvalue weighted by Gasteiger charge is -2.05. The van der Waals surface area contributed by atoms with Gasteiger partial charge in [-0.05, 0) is 24.6 Å². The van der Waals surface area contributed by atoms with Crippen LogP contribution in [0, 0.1) is 6.92 Å². The maximum atomic E-state index is 11.8. The van der Waals surface area contributed by atoms with E-state index in [1.54, 1.807) is 32.3 Å². The van der Waals surface area contributed by atoms with Gasteiger partial charge in [-0.15, -0.1) is 0 Å². The van der Waals surface area contributed by atoms with Crippen LogP contribution in [0.3, 0.4) is 0 Å². The number of aryl methyl sites for hydroxylation is 2. The average Bonchev–Trinajstić information content (AvgIpc) is 2.40. The Hall–Kier alpha value is -2.50. The van der Waals surface area contributed by atoms with E-state index in [0.29, 0.717) is 11.5 Å². The van der Waals surface area contributed by atoms with Gasteiger partial charge in [0.2, 0.25) is 0 Å². The Morgan fingerprint density at radius 3 is 2.89 bits per heavy atom. The van der Waals surface area contributed by atoms with E-state index in [1.165, 1.54) is 16.8 Å². The highest BCUT2D eigenvalue weighted by atomic mass is 16.2. The molecule has 0 fully saturated rings. The van der Waals surface area contributed by atoms with Crippen LogP contribution < -0.4 is 10.9 Å². The molecule has 98 valence electrons. The maximum absolute atomic E-state index is 11.8. The van der Waals surface area contributed by atoms with Crippen molar-refractivity contribution >= 4 is 5.91 Å². The maximum Gasteiger partial charge on any atom is 0.270 e. The fraction of sp³-hybridized carbons (Fsp3) is 0.231. The average molecular weight is 258 g/mol. The number of amides is 1. The Balaban J connectivity index is 2.04. The monoisotopic (exact) mass is 258 g/mol. The van der Waals surface area contributed by atoms with Crippen LogP contribution >= 0.6 is 0 Å². The first kappa shape index (κ1) is 12.9. The van der Waals surface area contributed by atoms with Crippen molar-refractivity contribution in [1.82, 2.24) is 19.9 Å². The molecule has 0 radical (unpaired) electrons. The standard InChI is InChI=1S/C13H14N4O2/c1-9-14-5-3-11(16-9)13(19)15-8-10-4-6-17(2)12(18)7-10/h3-7H,8H2,1-2H3,(H,15,19). The summed E-state index contributed by atoms with van der Waals surface area (Å²) in [4.78, 5) is 31.2. The molecule has 0 bridgehead atoms. The zero-order chi connectivity index (χ0) is 13.8. The van der Waals surface area contributed by atoms with E-state index in [-0.39, 0.29) is 18.0 Å². The molecule has 19 heavy (non-hydrogen) atoms. The quantitative estimate of drug-likeness (QED) is 0.865. The van der Waals surface area contributed by atoms with Gasteiger partial charge in [0.15, 0.2) is 0 Å². The summed E-state index contributed by atoms with van der Waals surface area (Å²) in [6.07, 6.45) is 3.20. The molecule has 2 rings (SSSR count).